The number of nitrogens with two attached hydrogens (primary N) is 2. The summed E-state index contributed by atoms with van der Waals surface area (Å²) in [5.41, 5.74) is 10.7. The Labute approximate surface area is 125 Å². The fraction of sp³-hybridized carbons (Fsp3) is 0.938. The highest BCUT2D eigenvalue weighted by atomic mass is 16.4. The van der Waals surface area contributed by atoms with Crippen molar-refractivity contribution in [1.29, 1.82) is 0 Å². The minimum absolute atomic E-state index is 0.0718. The predicted octanol–water partition coefficient (Wildman–Crippen LogP) is 3.53. The molecule has 0 heterocycles. The van der Waals surface area contributed by atoms with Crippen LogP contribution in [0.5, 0.6) is 0 Å². The molecular formula is C16H36N2O2. The summed E-state index contributed by atoms with van der Waals surface area (Å²) in [7, 11) is 0. The lowest BCUT2D eigenvalue weighted by atomic mass is 10.0. The van der Waals surface area contributed by atoms with Gasteiger partial charge in [-0.1, -0.05) is 72.1 Å². The monoisotopic (exact) mass is 288 g/mol. The van der Waals surface area contributed by atoms with Gasteiger partial charge in [0.25, 0.3) is 0 Å². The molecule has 0 aliphatic rings. The molecule has 0 saturated heterocycles. The quantitative estimate of drug-likeness (QED) is 0.507. The maximum absolute atomic E-state index is 10.2. The van der Waals surface area contributed by atoms with Crippen LogP contribution in [0.15, 0.2) is 0 Å². The second-order valence-corrected chi connectivity index (χ2v) is 5.51. The van der Waals surface area contributed by atoms with Crippen LogP contribution in [0.3, 0.4) is 0 Å². The van der Waals surface area contributed by atoms with Crippen LogP contribution in [0.2, 0.25) is 0 Å². The summed E-state index contributed by atoms with van der Waals surface area (Å²) < 4.78 is 0. The third kappa shape index (κ3) is 15.4. The molecule has 0 fully saturated rings. The first kappa shape index (κ1) is 21.7. The van der Waals surface area contributed by atoms with Crippen molar-refractivity contribution in [3.63, 3.8) is 0 Å². The molecule has 0 aromatic heterocycles. The molecule has 2 atom stereocenters. The molecule has 0 aromatic rings. The topological polar surface area (TPSA) is 89.3 Å². The number of hydrogen-bond acceptors (Lipinski definition) is 3. The zero-order chi connectivity index (χ0) is 15.8. The van der Waals surface area contributed by atoms with Gasteiger partial charge in [-0.3, -0.25) is 4.79 Å². The molecule has 0 bridgehead atoms. The lowest BCUT2D eigenvalue weighted by molar-refractivity contribution is -0.139. The molecule has 122 valence electrons. The number of carboxylic acids is 1. The van der Waals surface area contributed by atoms with Crippen LogP contribution in [-0.2, 0) is 4.79 Å². The Hall–Kier alpha value is -0.610. The Bertz CT molecular complexity index is 203. The van der Waals surface area contributed by atoms with Crippen LogP contribution < -0.4 is 11.5 Å². The summed E-state index contributed by atoms with van der Waals surface area (Å²) in [6.07, 6.45) is 11.8. The Morgan fingerprint density at radius 1 is 1.00 bits per heavy atom. The van der Waals surface area contributed by atoms with Crippen LogP contribution in [0.1, 0.15) is 78.6 Å². The molecule has 4 nitrogen and oxygen atoms in total. The third-order valence-corrected chi connectivity index (χ3v) is 3.60. The summed E-state index contributed by atoms with van der Waals surface area (Å²) in [5.74, 6) is -0.841. The highest BCUT2D eigenvalue weighted by molar-refractivity contribution is 5.73. The second-order valence-electron chi connectivity index (χ2n) is 5.51. The molecule has 0 aliphatic carbocycles. The second kappa shape index (κ2) is 16.4. The van der Waals surface area contributed by atoms with Crippen molar-refractivity contribution < 1.29 is 9.90 Å². The van der Waals surface area contributed by atoms with E-state index in [0.717, 1.165) is 13.0 Å². The molecular weight excluding hydrogens is 252 g/mol. The predicted molar refractivity (Wildman–Crippen MR) is 86.7 cm³/mol. The van der Waals surface area contributed by atoms with E-state index in [4.69, 9.17) is 16.6 Å². The summed E-state index contributed by atoms with van der Waals surface area (Å²) >= 11 is 0. The minimum atomic E-state index is -0.913. The normalized spacial score (nSPS) is 13.2. The van der Waals surface area contributed by atoms with Crippen molar-refractivity contribution >= 4 is 5.97 Å². The standard InChI is InChI=1S/C10H23N.C6H13NO2/c1-2-3-4-5-6-7-8-9-10-11;1-3-4(2)5(7)6(8)9/h2-11H2,1H3;4-5H,3,7H2,1-2H3,(H,8,9)/t;4-,5-/m.0/s1. The van der Waals surface area contributed by atoms with Gasteiger partial charge in [-0.2, -0.15) is 0 Å². The van der Waals surface area contributed by atoms with Gasteiger partial charge in [-0.15, -0.1) is 0 Å². The third-order valence-electron chi connectivity index (χ3n) is 3.60. The Kier molecular flexibility index (Phi) is 17.8. The van der Waals surface area contributed by atoms with Crippen LogP contribution in [0.4, 0.5) is 0 Å². The molecule has 4 heteroatoms. The fourth-order valence-corrected chi connectivity index (χ4v) is 1.78. The van der Waals surface area contributed by atoms with Crippen LogP contribution in [0, 0.1) is 5.92 Å². The van der Waals surface area contributed by atoms with E-state index in [1.165, 1.54) is 51.4 Å². The first-order valence-corrected chi connectivity index (χ1v) is 8.19. The van der Waals surface area contributed by atoms with Gasteiger partial charge in [0.2, 0.25) is 0 Å². The van der Waals surface area contributed by atoms with E-state index in [2.05, 4.69) is 6.92 Å². The van der Waals surface area contributed by atoms with Gasteiger partial charge in [0.15, 0.2) is 0 Å². The molecule has 0 radical (unpaired) electrons. The molecule has 0 amide bonds. The molecule has 0 spiro atoms. The smallest absolute Gasteiger partial charge is 0.320 e. The van der Waals surface area contributed by atoms with Gasteiger partial charge in [0.05, 0.1) is 0 Å². The van der Waals surface area contributed by atoms with Gasteiger partial charge in [-0.05, 0) is 18.9 Å². The molecule has 0 rings (SSSR count). The Morgan fingerprint density at radius 3 is 1.75 bits per heavy atom. The molecule has 0 unspecified atom stereocenters. The first-order chi connectivity index (χ1) is 9.51. The van der Waals surface area contributed by atoms with Gasteiger partial charge in [0, 0.05) is 0 Å². The van der Waals surface area contributed by atoms with Crippen molar-refractivity contribution in [2.45, 2.75) is 84.6 Å². The summed E-state index contributed by atoms with van der Waals surface area (Å²) in [6.45, 7) is 6.88. The van der Waals surface area contributed by atoms with Gasteiger partial charge in [0.1, 0.15) is 6.04 Å². The largest absolute Gasteiger partial charge is 0.480 e. The van der Waals surface area contributed by atoms with E-state index in [1.807, 2.05) is 13.8 Å². The van der Waals surface area contributed by atoms with E-state index in [9.17, 15) is 4.79 Å². The maximum Gasteiger partial charge on any atom is 0.320 e. The van der Waals surface area contributed by atoms with Gasteiger partial charge >= 0.3 is 5.97 Å². The number of carbonyl (C=O) groups is 1. The average molecular weight is 288 g/mol. The van der Waals surface area contributed by atoms with Gasteiger partial charge in [-0.25, -0.2) is 0 Å². The minimum Gasteiger partial charge on any atom is -0.480 e. The Balaban J connectivity index is 0. The van der Waals surface area contributed by atoms with Crippen LogP contribution in [-0.4, -0.2) is 23.7 Å². The maximum atomic E-state index is 10.2. The number of aliphatic carboxylic acids is 1. The van der Waals surface area contributed by atoms with Crippen molar-refractivity contribution in [2.75, 3.05) is 6.54 Å². The van der Waals surface area contributed by atoms with E-state index in [1.54, 1.807) is 0 Å². The van der Waals surface area contributed by atoms with Gasteiger partial charge < -0.3 is 16.6 Å². The zero-order valence-corrected chi connectivity index (χ0v) is 13.7. The number of hydrogen-bond donors (Lipinski definition) is 3. The summed E-state index contributed by atoms with van der Waals surface area (Å²) in [4.78, 5) is 10.2. The van der Waals surface area contributed by atoms with E-state index in [0.29, 0.717) is 0 Å². The molecule has 0 saturated carbocycles. The lowest BCUT2D eigenvalue weighted by Gasteiger charge is -2.11. The summed E-state index contributed by atoms with van der Waals surface area (Å²) in [5, 5.41) is 8.36. The van der Waals surface area contributed by atoms with E-state index < -0.39 is 12.0 Å². The SMILES string of the molecule is CCCCCCCCCCN.CC[C@H](C)[C@H](N)C(=O)O. The zero-order valence-electron chi connectivity index (χ0n) is 13.7. The van der Waals surface area contributed by atoms with Crippen LogP contribution >= 0.6 is 0 Å². The first-order valence-electron chi connectivity index (χ1n) is 8.19. The van der Waals surface area contributed by atoms with Crippen LogP contribution in [0.25, 0.3) is 0 Å². The van der Waals surface area contributed by atoms with Crippen molar-refractivity contribution in [3.05, 3.63) is 0 Å². The van der Waals surface area contributed by atoms with E-state index >= 15 is 0 Å². The molecule has 0 aromatic carbocycles. The van der Waals surface area contributed by atoms with Crippen molar-refractivity contribution in [3.8, 4) is 0 Å². The number of unbranched alkanes of at least 4 members (excludes halogenated alkanes) is 7. The fourth-order valence-electron chi connectivity index (χ4n) is 1.78. The average Bonchev–Trinajstić information content (AvgIpc) is 2.45. The molecule has 20 heavy (non-hydrogen) atoms. The van der Waals surface area contributed by atoms with Crippen molar-refractivity contribution in [2.24, 2.45) is 17.4 Å². The molecule has 0 aliphatic heterocycles. The van der Waals surface area contributed by atoms with E-state index in [-0.39, 0.29) is 5.92 Å². The lowest BCUT2D eigenvalue weighted by Crippen LogP contribution is -2.36. The number of rotatable bonds is 11. The summed E-state index contributed by atoms with van der Waals surface area (Å²) in [6, 6.07) is -0.699. The van der Waals surface area contributed by atoms with Crippen molar-refractivity contribution in [1.82, 2.24) is 0 Å². The molecule has 5 N–H and O–H groups in total. The Morgan fingerprint density at radius 2 is 1.45 bits per heavy atom. The number of carboxylic acid groups (broad SMARTS) is 1. The highest BCUT2D eigenvalue weighted by Crippen LogP contribution is 2.07. The highest BCUT2D eigenvalue weighted by Gasteiger charge is 2.17.